The number of fused-ring (bicyclic) bond motifs is 1. The van der Waals surface area contributed by atoms with Gasteiger partial charge in [0.05, 0.1) is 38.2 Å². The summed E-state index contributed by atoms with van der Waals surface area (Å²) >= 11 is 0. The van der Waals surface area contributed by atoms with Crippen LogP contribution in [0, 0.1) is 0 Å². The van der Waals surface area contributed by atoms with E-state index in [0.717, 1.165) is 43.8 Å². The van der Waals surface area contributed by atoms with Crippen LogP contribution in [0.5, 0.6) is 11.5 Å². The first kappa shape index (κ1) is 31.9. The number of Topliss-reactive ketones (excluding diaryl/α,β-unsaturated/α-hetero) is 1. The van der Waals surface area contributed by atoms with E-state index in [1.54, 1.807) is 37.2 Å². The summed E-state index contributed by atoms with van der Waals surface area (Å²) in [5.74, 6) is -0.839. The molecule has 0 spiro atoms. The number of likely N-dealkylation sites (N-methyl/N-ethyl adjacent to an activating group) is 1. The number of carbonyl (C=O) groups is 3. The van der Waals surface area contributed by atoms with Crippen LogP contribution in [0.3, 0.4) is 0 Å². The van der Waals surface area contributed by atoms with E-state index < -0.39 is 11.7 Å². The largest absolute Gasteiger partial charge is 0.492 e. The van der Waals surface area contributed by atoms with E-state index in [-0.39, 0.29) is 29.2 Å². The molecule has 1 saturated heterocycles. The Bertz CT molecular complexity index is 1470. The standard InChI is InChI=1S/C33H42N4O6/c1-33(2,3)22-19-26(34-29(38)21-36(4)5)31(41-6)27(20-22)35-32(40)30(39)25-11-12-28(24-10-8-7-9-23(24)25)43-18-15-37-13-16-42-17-14-37/h7-12,19-20H,13-18,21H2,1-6H3,(H,34,38)(H,35,40). The zero-order valence-corrected chi connectivity index (χ0v) is 25.9. The van der Waals surface area contributed by atoms with Crippen molar-refractivity contribution in [3.05, 3.63) is 59.7 Å². The summed E-state index contributed by atoms with van der Waals surface area (Å²) in [6.45, 7) is 10.7. The number of hydrogen-bond donors (Lipinski definition) is 2. The van der Waals surface area contributed by atoms with Gasteiger partial charge in [0.15, 0.2) is 5.75 Å². The Labute approximate surface area is 253 Å². The number of ketones is 1. The molecule has 2 N–H and O–H groups in total. The second kappa shape index (κ2) is 14.0. The summed E-state index contributed by atoms with van der Waals surface area (Å²) in [5.41, 5.74) is 1.50. The molecule has 0 radical (unpaired) electrons. The Hall–Kier alpha value is -3.99. The normalized spacial score (nSPS) is 14.0. The fraction of sp³-hybridized carbons (Fsp3) is 0.424. The number of nitrogens with one attached hydrogen (secondary N) is 2. The maximum Gasteiger partial charge on any atom is 0.296 e. The van der Waals surface area contributed by atoms with Gasteiger partial charge in [0.2, 0.25) is 5.91 Å². The highest BCUT2D eigenvalue weighted by Crippen LogP contribution is 2.39. The lowest BCUT2D eigenvalue weighted by Crippen LogP contribution is -2.38. The van der Waals surface area contributed by atoms with Gasteiger partial charge in [-0.05, 0) is 54.7 Å². The molecule has 0 unspecified atom stereocenters. The van der Waals surface area contributed by atoms with Gasteiger partial charge in [0, 0.05) is 30.6 Å². The van der Waals surface area contributed by atoms with Crippen molar-refractivity contribution in [2.45, 2.75) is 26.2 Å². The summed E-state index contributed by atoms with van der Waals surface area (Å²) in [4.78, 5) is 43.7. The molecule has 1 fully saturated rings. The van der Waals surface area contributed by atoms with Gasteiger partial charge in [0.25, 0.3) is 11.7 Å². The molecule has 43 heavy (non-hydrogen) atoms. The molecule has 0 aromatic heterocycles. The van der Waals surface area contributed by atoms with Crippen molar-refractivity contribution in [3.8, 4) is 11.5 Å². The number of benzene rings is 3. The fourth-order valence-corrected chi connectivity index (χ4v) is 4.95. The summed E-state index contributed by atoms with van der Waals surface area (Å²) in [5, 5.41) is 7.01. The number of methoxy groups -OCH3 is 1. The van der Waals surface area contributed by atoms with Gasteiger partial charge >= 0.3 is 0 Å². The molecule has 230 valence electrons. The maximum atomic E-state index is 13.6. The molecule has 0 bridgehead atoms. The predicted octanol–water partition coefficient (Wildman–Crippen LogP) is 4.18. The Morgan fingerprint density at radius 2 is 1.60 bits per heavy atom. The van der Waals surface area contributed by atoms with Crippen molar-refractivity contribution in [1.82, 2.24) is 9.80 Å². The van der Waals surface area contributed by atoms with Gasteiger partial charge in [-0.25, -0.2) is 0 Å². The van der Waals surface area contributed by atoms with Crippen molar-refractivity contribution in [1.29, 1.82) is 0 Å². The highest BCUT2D eigenvalue weighted by molar-refractivity contribution is 6.48. The van der Waals surface area contributed by atoms with E-state index in [0.29, 0.717) is 29.1 Å². The van der Waals surface area contributed by atoms with E-state index in [4.69, 9.17) is 14.2 Å². The summed E-state index contributed by atoms with van der Waals surface area (Å²) in [6.07, 6.45) is 0. The number of ether oxygens (including phenoxy) is 3. The van der Waals surface area contributed by atoms with Crippen LogP contribution in [-0.4, -0.2) is 94.6 Å². The van der Waals surface area contributed by atoms with Gasteiger partial charge in [-0.15, -0.1) is 0 Å². The van der Waals surface area contributed by atoms with Crippen LogP contribution in [0.2, 0.25) is 0 Å². The van der Waals surface area contributed by atoms with Crippen LogP contribution in [-0.2, 0) is 19.7 Å². The zero-order valence-electron chi connectivity index (χ0n) is 25.9. The van der Waals surface area contributed by atoms with Crippen LogP contribution in [0.15, 0.2) is 48.5 Å². The molecule has 1 aliphatic rings. The third-order valence-corrected chi connectivity index (χ3v) is 7.24. The second-order valence-electron chi connectivity index (χ2n) is 11.9. The first-order valence-corrected chi connectivity index (χ1v) is 14.5. The monoisotopic (exact) mass is 590 g/mol. The van der Waals surface area contributed by atoms with Gasteiger partial charge in [-0.2, -0.15) is 0 Å². The molecule has 1 heterocycles. The van der Waals surface area contributed by atoms with Crippen molar-refractivity contribution >= 4 is 39.7 Å². The summed E-state index contributed by atoms with van der Waals surface area (Å²) in [6, 6.07) is 14.4. The Morgan fingerprint density at radius 3 is 2.23 bits per heavy atom. The molecule has 4 rings (SSSR count). The molecule has 10 heteroatoms. The predicted molar refractivity (Wildman–Crippen MR) is 169 cm³/mol. The third-order valence-electron chi connectivity index (χ3n) is 7.24. The fourth-order valence-electron chi connectivity index (χ4n) is 4.95. The van der Waals surface area contributed by atoms with E-state index in [9.17, 15) is 14.4 Å². The van der Waals surface area contributed by atoms with Crippen LogP contribution in [0.4, 0.5) is 11.4 Å². The Morgan fingerprint density at radius 1 is 0.953 bits per heavy atom. The van der Waals surface area contributed by atoms with Crippen molar-refractivity contribution in [3.63, 3.8) is 0 Å². The Kier molecular flexibility index (Phi) is 10.4. The van der Waals surface area contributed by atoms with Gasteiger partial charge in [-0.3, -0.25) is 19.3 Å². The minimum absolute atomic E-state index is 0.170. The van der Waals surface area contributed by atoms with Crippen LogP contribution < -0.4 is 20.1 Å². The van der Waals surface area contributed by atoms with Gasteiger partial charge in [-0.1, -0.05) is 45.0 Å². The first-order chi connectivity index (χ1) is 20.5. The molecule has 0 aliphatic carbocycles. The van der Waals surface area contributed by atoms with Crippen molar-refractivity contribution < 1.29 is 28.6 Å². The topological polar surface area (TPSA) is 109 Å². The highest BCUT2D eigenvalue weighted by atomic mass is 16.5. The first-order valence-electron chi connectivity index (χ1n) is 14.5. The zero-order chi connectivity index (χ0) is 31.1. The van der Waals surface area contributed by atoms with Gasteiger partial charge < -0.3 is 29.7 Å². The average molecular weight is 591 g/mol. The number of amides is 2. The molecular weight excluding hydrogens is 548 g/mol. The number of hydrogen-bond acceptors (Lipinski definition) is 8. The summed E-state index contributed by atoms with van der Waals surface area (Å²) in [7, 11) is 5.05. The lowest BCUT2D eigenvalue weighted by Gasteiger charge is -2.26. The van der Waals surface area contributed by atoms with Crippen LogP contribution in [0.1, 0.15) is 36.7 Å². The minimum atomic E-state index is -0.818. The molecule has 3 aromatic rings. The molecule has 0 saturated carbocycles. The molecule has 0 atom stereocenters. The SMILES string of the molecule is COc1c(NC(=O)CN(C)C)cc(C(C)(C)C)cc1NC(=O)C(=O)c1ccc(OCCN2CCOCC2)c2ccccc12. The molecular formula is C33H42N4O6. The number of carbonyl (C=O) groups excluding carboxylic acids is 3. The average Bonchev–Trinajstić information content (AvgIpc) is 2.96. The lowest BCUT2D eigenvalue weighted by atomic mass is 9.86. The number of rotatable bonds is 11. The van der Waals surface area contributed by atoms with Crippen molar-refractivity contribution in [2.75, 3.05) is 77.8 Å². The van der Waals surface area contributed by atoms with E-state index in [1.165, 1.54) is 7.11 Å². The van der Waals surface area contributed by atoms with Crippen LogP contribution >= 0.6 is 0 Å². The van der Waals surface area contributed by atoms with Crippen molar-refractivity contribution in [2.24, 2.45) is 0 Å². The number of anilines is 2. The summed E-state index contributed by atoms with van der Waals surface area (Å²) < 4.78 is 17.1. The third kappa shape index (κ3) is 8.10. The molecule has 2 amide bonds. The lowest BCUT2D eigenvalue weighted by molar-refractivity contribution is -0.116. The van der Waals surface area contributed by atoms with E-state index in [2.05, 4.69) is 15.5 Å². The maximum absolute atomic E-state index is 13.6. The van der Waals surface area contributed by atoms with Crippen LogP contribution in [0.25, 0.3) is 10.8 Å². The van der Waals surface area contributed by atoms with E-state index in [1.807, 2.05) is 51.1 Å². The highest BCUT2D eigenvalue weighted by Gasteiger charge is 2.25. The molecule has 10 nitrogen and oxygen atoms in total. The molecule has 1 aliphatic heterocycles. The number of morpholine rings is 1. The smallest absolute Gasteiger partial charge is 0.296 e. The Balaban J connectivity index is 1.59. The second-order valence-corrected chi connectivity index (χ2v) is 11.9. The van der Waals surface area contributed by atoms with Gasteiger partial charge in [0.1, 0.15) is 12.4 Å². The number of nitrogens with zero attached hydrogens (tertiary/aromatic N) is 2. The quantitative estimate of drug-likeness (QED) is 0.253. The minimum Gasteiger partial charge on any atom is -0.492 e. The molecule has 3 aromatic carbocycles. The van der Waals surface area contributed by atoms with E-state index >= 15 is 0 Å².